The maximum atomic E-state index is 12.5. The third-order valence-electron chi connectivity index (χ3n) is 16.3. The van der Waals surface area contributed by atoms with Gasteiger partial charge in [-0.25, -0.2) is 0 Å². The minimum absolute atomic E-state index is 0.0530. The molecule has 0 bridgehead atoms. The molecule has 8 rings (SSSR count). The zero-order valence-electron chi connectivity index (χ0n) is 30.3. The molecule has 9 nitrogen and oxygen atoms in total. The Bertz CT molecular complexity index is 1210. The Balaban J connectivity index is 1.03. The fraction of sp³-hybridized carbons (Fsp3) is 1.00. The molecule has 0 aromatic heterocycles. The molecule has 5 aliphatic carbocycles. The van der Waals surface area contributed by atoms with E-state index in [2.05, 4.69) is 37.9 Å². The molecule has 5 N–H and O–H groups in total. The van der Waals surface area contributed by atoms with Crippen LogP contribution in [0.1, 0.15) is 99.8 Å². The lowest BCUT2D eigenvalue weighted by Crippen LogP contribution is -2.70. The van der Waals surface area contributed by atoms with Crippen LogP contribution in [0.25, 0.3) is 0 Å². The van der Waals surface area contributed by atoms with Crippen LogP contribution in [0.4, 0.5) is 0 Å². The van der Waals surface area contributed by atoms with Crippen LogP contribution in [0.3, 0.4) is 0 Å². The summed E-state index contributed by atoms with van der Waals surface area (Å²) >= 11 is 0. The Kier molecular flexibility index (Phi) is 7.95. The summed E-state index contributed by atoms with van der Waals surface area (Å²) in [7, 11) is 0. The quantitative estimate of drug-likeness (QED) is 0.325. The number of nitrogens with zero attached hydrogens (tertiary/aromatic N) is 1. The van der Waals surface area contributed by atoms with E-state index in [1.165, 1.54) is 19.3 Å². The first-order valence-electron chi connectivity index (χ1n) is 19.3. The van der Waals surface area contributed by atoms with Gasteiger partial charge < -0.3 is 40.2 Å². The lowest BCUT2D eigenvalue weighted by molar-refractivity contribution is -0.249. The molecular formula is C38H65N3O6. The minimum atomic E-state index is -1.04. The standard InChI is InChI=1S/C38H65N3O6/c1-8-44-32(34(5,6)43)24-17-22(2)29-30(46-24)31(42)38(39)26-10-9-25-33(3,4)27(47-28-20-41(15-16-45-28)23-18-40-19-23)11-12-36(25)21-37(26,36)14-13-35(29,38)7/h22-32,40,42-43H,8-21,39H2,1-7H3/t22-,24?,25+,26?,27+,28+,29+,30?,31+,32+,35-,36-,37+,38+/m1/s1. The van der Waals surface area contributed by atoms with Crippen molar-refractivity contribution in [3.05, 3.63) is 0 Å². The van der Waals surface area contributed by atoms with Crippen molar-refractivity contribution in [1.82, 2.24) is 10.2 Å². The normalized spacial score (nSPS) is 53.1. The maximum Gasteiger partial charge on any atom is 0.170 e. The number of aliphatic hydroxyl groups excluding tert-OH is 1. The third-order valence-corrected chi connectivity index (χ3v) is 16.3. The molecule has 5 saturated carbocycles. The number of hydrogen-bond donors (Lipinski definition) is 4. The zero-order chi connectivity index (χ0) is 33.4. The topological polar surface area (TPSA) is 119 Å². The molecule has 0 aromatic rings. The van der Waals surface area contributed by atoms with E-state index in [0.717, 1.165) is 64.9 Å². The Hall–Kier alpha value is -0.360. The van der Waals surface area contributed by atoms with Crippen molar-refractivity contribution in [3.63, 3.8) is 0 Å². The number of fused-ring (bicyclic) bond motifs is 4. The van der Waals surface area contributed by atoms with Crippen molar-refractivity contribution >= 4 is 0 Å². The van der Waals surface area contributed by atoms with Crippen LogP contribution < -0.4 is 11.1 Å². The fourth-order valence-corrected chi connectivity index (χ4v) is 14.1. The molecule has 0 radical (unpaired) electrons. The second-order valence-electron chi connectivity index (χ2n) is 19.0. The number of nitrogens with two attached hydrogens (primary N) is 1. The molecule has 8 fully saturated rings. The summed E-state index contributed by atoms with van der Waals surface area (Å²) in [4.78, 5) is 2.56. The van der Waals surface area contributed by atoms with Crippen LogP contribution >= 0.6 is 0 Å². The van der Waals surface area contributed by atoms with E-state index in [4.69, 9.17) is 24.7 Å². The Morgan fingerprint density at radius 3 is 2.47 bits per heavy atom. The highest BCUT2D eigenvalue weighted by atomic mass is 16.7. The highest BCUT2D eigenvalue weighted by molar-refractivity contribution is 5.35. The molecule has 47 heavy (non-hydrogen) atoms. The summed E-state index contributed by atoms with van der Waals surface area (Å²) in [5.41, 5.74) is 6.43. The first kappa shape index (κ1) is 33.8. The van der Waals surface area contributed by atoms with Gasteiger partial charge in [0.15, 0.2) is 6.29 Å². The number of nitrogens with one attached hydrogen (secondary N) is 1. The van der Waals surface area contributed by atoms with E-state index in [0.29, 0.717) is 24.5 Å². The largest absolute Gasteiger partial charge is 0.388 e. The molecule has 3 unspecified atom stereocenters. The van der Waals surface area contributed by atoms with Crippen molar-refractivity contribution in [2.45, 2.75) is 154 Å². The molecule has 268 valence electrons. The van der Waals surface area contributed by atoms with Crippen molar-refractivity contribution in [2.24, 2.45) is 51.1 Å². The Labute approximate surface area is 283 Å². The van der Waals surface area contributed by atoms with Gasteiger partial charge in [0, 0.05) is 38.8 Å². The average Bonchev–Trinajstić information content (AvgIpc) is 3.61. The predicted molar refractivity (Wildman–Crippen MR) is 179 cm³/mol. The number of hydrogen-bond acceptors (Lipinski definition) is 9. The summed E-state index contributed by atoms with van der Waals surface area (Å²) in [5.74, 6) is 1.39. The van der Waals surface area contributed by atoms with Gasteiger partial charge in [0.2, 0.25) is 0 Å². The van der Waals surface area contributed by atoms with Crippen LogP contribution in [0, 0.1) is 45.3 Å². The average molecular weight is 660 g/mol. The highest BCUT2D eigenvalue weighted by Gasteiger charge is 2.85. The predicted octanol–water partition coefficient (Wildman–Crippen LogP) is 3.68. The first-order chi connectivity index (χ1) is 22.1. The van der Waals surface area contributed by atoms with Gasteiger partial charge in [0.1, 0.15) is 6.10 Å². The third kappa shape index (κ3) is 4.52. The second kappa shape index (κ2) is 11.1. The molecule has 0 amide bonds. The fourth-order valence-electron chi connectivity index (χ4n) is 14.1. The SMILES string of the molecule is CCO[C@@H](C1C[C@@H](C)[C@H]2C(O1)[C@H](O)[C@@]1(N)C3CC[C@H]4C(C)(C)[C@@H](O[C@H]5CN(C6CNC6)CCO5)CC[C@@]45C[C@@]35CC[C@]21C)C(C)(C)O. The first-order valence-corrected chi connectivity index (χ1v) is 19.3. The molecule has 8 aliphatic rings. The van der Waals surface area contributed by atoms with Gasteiger partial charge in [-0.3, -0.25) is 4.90 Å². The van der Waals surface area contributed by atoms with Crippen molar-refractivity contribution in [2.75, 3.05) is 39.4 Å². The lowest BCUT2D eigenvalue weighted by atomic mass is 9.43. The van der Waals surface area contributed by atoms with Gasteiger partial charge in [0.25, 0.3) is 0 Å². The van der Waals surface area contributed by atoms with Crippen LogP contribution in [-0.4, -0.2) is 108 Å². The van der Waals surface area contributed by atoms with Crippen LogP contribution in [-0.2, 0) is 18.9 Å². The maximum absolute atomic E-state index is 12.5. The monoisotopic (exact) mass is 659 g/mol. The van der Waals surface area contributed by atoms with Crippen molar-refractivity contribution in [3.8, 4) is 0 Å². The number of ether oxygens (including phenoxy) is 4. The van der Waals surface area contributed by atoms with Crippen LogP contribution in [0.15, 0.2) is 0 Å². The van der Waals surface area contributed by atoms with Gasteiger partial charge in [-0.15, -0.1) is 0 Å². The van der Waals surface area contributed by atoms with E-state index >= 15 is 0 Å². The molecule has 3 saturated heterocycles. The highest BCUT2D eigenvalue weighted by Crippen LogP contribution is 2.87. The molecule has 3 aliphatic heterocycles. The van der Waals surface area contributed by atoms with Gasteiger partial charge in [-0.2, -0.15) is 0 Å². The summed E-state index contributed by atoms with van der Waals surface area (Å²) in [5, 5.41) is 26.9. The van der Waals surface area contributed by atoms with Gasteiger partial charge >= 0.3 is 0 Å². The summed E-state index contributed by atoms with van der Waals surface area (Å²) in [6.07, 6.45) is 7.06. The molecule has 0 aromatic carbocycles. The zero-order valence-corrected chi connectivity index (χ0v) is 30.3. The summed E-state index contributed by atoms with van der Waals surface area (Å²) < 4.78 is 26.1. The van der Waals surface area contributed by atoms with Crippen molar-refractivity contribution in [1.29, 1.82) is 0 Å². The van der Waals surface area contributed by atoms with Gasteiger partial charge in [-0.1, -0.05) is 27.7 Å². The van der Waals surface area contributed by atoms with Gasteiger partial charge in [-0.05, 0) is 117 Å². The van der Waals surface area contributed by atoms with E-state index in [1.807, 2.05) is 20.8 Å². The lowest BCUT2D eigenvalue weighted by Gasteiger charge is -2.63. The molecule has 2 spiro atoms. The molecule has 14 atom stereocenters. The van der Waals surface area contributed by atoms with Crippen molar-refractivity contribution < 1.29 is 29.2 Å². The second-order valence-corrected chi connectivity index (χ2v) is 19.0. The molecule has 9 heteroatoms. The van der Waals surface area contributed by atoms with E-state index < -0.39 is 23.3 Å². The van der Waals surface area contributed by atoms with Gasteiger partial charge in [0.05, 0.1) is 42.2 Å². The van der Waals surface area contributed by atoms with Crippen LogP contribution in [0.2, 0.25) is 0 Å². The van der Waals surface area contributed by atoms with E-state index in [-0.39, 0.29) is 58.1 Å². The number of rotatable bonds is 7. The summed E-state index contributed by atoms with van der Waals surface area (Å²) in [6, 6.07) is 0.622. The Morgan fingerprint density at radius 2 is 1.79 bits per heavy atom. The summed E-state index contributed by atoms with van der Waals surface area (Å²) in [6.45, 7) is 20.6. The van der Waals surface area contributed by atoms with E-state index in [9.17, 15) is 10.2 Å². The smallest absolute Gasteiger partial charge is 0.170 e. The molecular weight excluding hydrogens is 594 g/mol. The number of aliphatic hydroxyl groups is 2. The Morgan fingerprint density at radius 1 is 1.06 bits per heavy atom. The molecule has 3 heterocycles. The van der Waals surface area contributed by atoms with E-state index in [1.54, 1.807) is 0 Å². The number of morpholine rings is 1. The minimum Gasteiger partial charge on any atom is -0.388 e. The van der Waals surface area contributed by atoms with Crippen LogP contribution in [0.5, 0.6) is 0 Å².